The minimum absolute atomic E-state index is 0.0206. The van der Waals surface area contributed by atoms with Crippen molar-refractivity contribution in [3.8, 4) is 0 Å². The Kier molecular flexibility index (Phi) is 5.57. The van der Waals surface area contributed by atoms with Crippen molar-refractivity contribution < 1.29 is 14.3 Å². The third kappa shape index (κ3) is 4.07. The predicted octanol–water partition coefficient (Wildman–Crippen LogP) is 3.01. The Morgan fingerprint density at radius 3 is 2.00 bits per heavy atom. The number of amides is 1. The van der Waals surface area contributed by atoms with Crippen LogP contribution in [0.2, 0.25) is 0 Å². The monoisotopic (exact) mass is 400 g/mol. The second-order valence-corrected chi connectivity index (χ2v) is 6.87. The summed E-state index contributed by atoms with van der Waals surface area (Å²) in [7, 11) is 0. The fourth-order valence-corrected chi connectivity index (χ4v) is 3.41. The highest BCUT2D eigenvalue weighted by atomic mass is 16.5. The smallest absolute Gasteiger partial charge is 0.325 e. The number of pyridine rings is 1. The molecule has 0 saturated carbocycles. The summed E-state index contributed by atoms with van der Waals surface area (Å²) in [6, 6.07) is 23.7. The molecule has 0 aliphatic heterocycles. The van der Waals surface area contributed by atoms with Crippen LogP contribution in [-0.2, 0) is 27.5 Å². The summed E-state index contributed by atoms with van der Waals surface area (Å²) < 4.78 is 6.97. The largest absolute Gasteiger partial charge is 0.460 e. The first-order valence-corrected chi connectivity index (χ1v) is 9.60. The molecule has 1 heterocycles. The zero-order valence-corrected chi connectivity index (χ0v) is 16.2. The van der Waals surface area contributed by atoms with Gasteiger partial charge in [-0.3, -0.25) is 14.4 Å². The van der Waals surface area contributed by atoms with Gasteiger partial charge in [0.1, 0.15) is 19.7 Å². The molecular formula is C24H20N2O4. The van der Waals surface area contributed by atoms with Crippen LogP contribution < -0.4 is 10.7 Å². The van der Waals surface area contributed by atoms with E-state index in [-0.39, 0.29) is 31.0 Å². The van der Waals surface area contributed by atoms with Gasteiger partial charge in [0.25, 0.3) is 0 Å². The summed E-state index contributed by atoms with van der Waals surface area (Å²) in [6.45, 7) is -0.0838. The van der Waals surface area contributed by atoms with E-state index < -0.39 is 5.97 Å². The molecule has 0 saturated heterocycles. The van der Waals surface area contributed by atoms with Crippen LogP contribution in [0.1, 0.15) is 5.56 Å². The maximum atomic E-state index is 12.8. The summed E-state index contributed by atoms with van der Waals surface area (Å²) in [5, 5.41) is 3.69. The zero-order chi connectivity index (χ0) is 20.9. The second kappa shape index (κ2) is 8.61. The van der Waals surface area contributed by atoms with Crippen LogP contribution in [0.15, 0.2) is 83.7 Å². The van der Waals surface area contributed by atoms with Crippen LogP contribution >= 0.6 is 0 Å². The number of ether oxygens (including phenoxy) is 1. The number of aromatic nitrogens is 1. The molecule has 0 aliphatic rings. The van der Waals surface area contributed by atoms with E-state index in [4.69, 9.17) is 4.74 Å². The molecule has 0 bridgehead atoms. The number of para-hydroxylation sites is 2. The number of rotatable bonds is 6. The van der Waals surface area contributed by atoms with Crippen molar-refractivity contribution in [1.82, 2.24) is 9.88 Å². The van der Waals surface area contributed by atoms with Crippen LogP contribution in [-0.4, -0.2) is 23.0 Å². The Hall–Kier alpha value is -3.93. The molecule has 6 nitrogen and oxygen atoms in total. The van der Waals surface area contributed by atoms with E-state index >= 15 is 0 Å². The Labute approximate surface area is 172 Å². The molecule has 0 fully saturated rings. The van der Waals surface area contributed by atoms with E-state index in [1.807, 2.05) is 54.6 Å². The van der Waals surface area contributed by atoms with Crippen LogP contribution in [0, 0.1) is 0 Å². The zero-order valence-electron chi connectivity index (χ0n) is 16.2. The van der Waals surface area contributed by atoms with Crippen molar-refractivity contribution in [2.45, 2.75) is 13.2 Å². The molecule has 0 radical (unpaired) electrons. The number of nitrogens with zero attached hydrogens (tertiary/aromatic N) is 1. The van der Waals surface area contributed by atoms with Crippen molar-refractivity contribution in [3.63, 3.8) is 0 Å². The van der Waals surface area contributed by atoms with Gasteiger partial charge in [0, 0.05) is 10.8 Å². The van der Waals surface area contributed by atoms with Gasteiger partial charge in [-0.25, -0.2) is 0 Å². The number of hydrogen-bond acceptors (Lipinski definition) is 4. The molecule has 1 amide bonds. The SMILES string of the molecule is O=C(Cn1c2ccccc2c(=O)c2ccccc21)NCC(=O)OCc1ccccc1. The normalized spacial score (nSPS) is 10.8. The van der Waals surface area contributed by atoms with Crippen LogP contribution in [0.5, 0.6) is 0 Å². The molecule has 4 aromatic rings. The van der Waals surface area contributed by atoms with Gasteiger partial charge in [0.15, 0.2) is 5.43 Å². The number of hydrogen-bond donors (Lipinski definition) is 1. The maximum Gasteiger partial charge on any atom is 0.325 e. The van der Waals surface area contributed by atoms with E-state index in [1.165, 1.54) is 0 Å². The van der Waals surface area contributed by atoms with Gasteiger partial charge in [-0.15, -0.1) is 0 Å². The molecule has 1 N–H and O–H groups in total. The third-order valence-electron chi connectivity index (χ3n) is 4.85. The van der Waals surface area contributed by atoms with Crippen LogP contribution in [0.25, 0.3) is 21.8 Å². The number of benzene rings is 3. The number of esters is 1. The highest BCUT2D eigenvalue weighted by molar-refractivity contribution is 5.95. The summed E-state index contributed by atoms with van der Waals surface area (Å²) in [5.41, 5.74) is 2.15. The topological polar surface area (TPSA) is 77.4 Å². The quantitative estimate of drug-likeness (QED) is 0.399. The molecular weight excluding hydrogens is 380 g/mol. The summed E-state index contributed by atoms with van der Waals surface area (Å²) in [5.74, 6) is -0.854. The minimum atomic E-state index is -0.512. The predicted molar refractivity (Wildman–Crippen MR) is 115 cm³/mol. The van der Waals surface area contributed by atoms with E-state index in [9.17, 15) is 14.4 Å². The summed E-state index contributed by atoms with van der Waals surface area (Å²) in [4.78, 5) is 37.3. The van der Waals surface area contributed by atoms with Gasteiger partial charge >= 0.3 is 5.97 Å². The molecule has 0 aliphatic carbocycles. The van der Waals surface area contributed by atoms with Crippen LogP contribution in [0.3, 0.4) is 0 Å². The van der Waals surface area contributed by atoms with Crippen molar-refractivity contribution in [3.05, 3.63) is 94.6 Å². The average Bonchev–Trinajstić information content (AvgIpc) is 2.80. The van der Waals surface area contributed by atoms with Gasteiger partial charge in [0.05, 0.1) is 11.0 Å². The highest BCUT2D eigenvalue weighted by Gasteiger charge is 2.13. The lowest BCUT2D eigenvalue weighted by Gasteiger charge is -2.15. The standard InChI is InChI=1S/C24H20N2O4/c27-22(25-14-23(28)30-16-17-8-2-1-3-9-17)15-26-20-12-6-4-10-18(20)24(29)19-11-5-7-13-21(19)26/h1-13H,14-16H2,(H,25,27). The van der Waals surface area contributed by atoms with Gasteiger partial charge in [-0.2, -0.15) is 0 Å². The molecule has 6 heteroatoms. The molecule has 4 rings (SSSR count). The third-order valence-corrected chi connectivity index (χ3v) is 4.85. The van der Waals surface area contributed by atoms with Gasteiger partial charge in [-0.05, 0) is 29.8 Å². The van der Waals surface area contributed by atoms with E-state index in [0.29, 0.717) is 21.8 Å². The summed E-state index contributed by atoms with van der Waals surface area (Å²) in [6.07, 6.45) is 0. The molecule has 3 aromatic carbocycles. The lowest BCUT2D eigenvalue weighted by molar-refractivity contribution is -0.145. The Morgan fingerprint density at radius 1 is 0.800 bits per heavy atom. The number of carbonyl (C=O) groups is 2. The highest BCUT2D eigenvalue weighted by Crippen LogP contribution is 2.18. The van der Waals surface area contributed by atoms with Crippen molar-refractivity contribution in [1.29, 1.82) is 0 Å². The fraction of sp³-hybridized carbons (Fsp3) is 0.125. The first-order chi connectivity index (χ1) is 14.6. The van der Waals surface area contributed by atoms with E-state index in [1.54, 1.807) is 28.8 Å². The molecule has 150 valence electrons. The number of nitrogens with one attached hydrogen (secondary N) is 1. The molecule has 30 heavy (non-hydrogen) atoms. The first-order valence-electron chi connectivity index (χ1n) is 9.60. The fourth-order valence-electron chi connectivity index (χ4n) is 3.41. The lowest BCUT2D eigenvalue weighted by atomic mass is 10.1. The van der Waals surface area contributed by atoms with Crippen molar-refractivity contribution in [2.75, 3.05) is 6.54 Å². The Bertz CT molecular complexity index is 1220. The Balaban J connectivity index is 1.48. The van der Waals surface area contributed by atoms with E-state index in [0.717, 1.165) is 5.56 Å². The molecule has 1 aromatic heterocycles. The lowest BCUT2D eigenvalue weighted by Crippen LogP contribution is -2.33. The van der Waals surface area contributed by atoms with Crippen molar-refractivity contribution >= 4 is 33.7 Å². The maximum absolute atomic E-state index is 12.8. The van der Waals surface area contributed by atoms with Crippen molar-refractivity contribution in [2.24, 2.45) is 0 Å². The number of fused-ring (bicyclic) bond motifs is 2. The van der Waals surface area contributed by atoms with Gasteiger partial charge in [0.2, 0.25) is 5.91 Å². The van der Waals surface area contributed by atoms with Gasteiger partial charge < -0.3 is 14.6 Å². The molecule has 0 unspecified atom stereocenters. The second-order valence-electron chi connectivity index (χ2n) is 6.87. The summed E-state index contributed by atoms with van der Waals surface area (Å²) >= 11 is 0. The van der Waals surface area contributed by atoms with Gasteiger partial charge in [-0.1, -0.05) is 54.6 Å². The first kappa shape index (κ1) is 19.4. The van der Waals surface area contributed by atoms with Crippen LogP contribution in [0.4, 0.5) is 0 Å². The van der Waals surface area contributed by atoms with E-state index in [2.05, 4.69) is 5.32 Å². The number of carbonyl (C=O) groups excluding carboxylic acids is 2. The minimum Gasteiger partial charge on any atom is -0.460 e. The molecule has 0 spiro atoms. The average molecular weight is 400 g/mol. The molecule has 0 atom stereocenters. The Morgan fingerprint density at radius 2 is 1.37 bits per heavy atom.